The number of carboxylic acid groups (broad SMARTS) is 1. The maximum absolute atomic E-state index is 10.9. The van der Waals surface area contributed by atoms with Crippen LogP contribution in [0.1, 0.15) is 28.9 Å². The molecule has 2 heterocycles. The van der Waals surface area contributed by atoms with Gasteiger partial charge in [0.05, 0.1) is 5.69 Å². The fraction of sp³-hybridized carbons (Fsp3) is 0.333. The van der Waals surface area contributed by atoms with Crippen LogP contribution >= 0.6 is 0 Å². The van der Waals surface area contributed by atoms with E-state index in [2.05, 4.69) is 21.2 Å². The summed E-state index contributed by atoms with van der Waals surface area (Å²) in [6.45, 7) is 3.16. The molecular weight excluding hydrogens is 254 g/mol. The van der Waals surface area contributed by atoms with Crippen LogP contribution in [0, 0.1) is 0 Å². The second-order valence-corrected chi connectivity index (χ2v) is 5.11. The highest BCUT2D eigenvalue weighted by molar-refractivity contribution is 5.87. The number of rotatable bonds is 4. The highest BCUT2D eigenvalue weighted by Crippen LogP contribution is 2.24. The Hall–Kier alpha value is -2.14. The molecule has 1 aliphatic rings. The molecule has 0 saturated carbocycles. The van der Waals surface area contributed by atoms with Gasteiger partial charge in [-0.05, 0) is 37.6 Å². The van der Waals surface area contributed by atoms with Crippen LogP contribution in [-0.2, 0) is 6.54 Å². The topological polar surface area (TPSA) is 69.2 Å². The van der Waals surface area contributed by atoms with Crippen molar-refractivity contribution in [1.29, 1.82) is 0 Å². The predicted molar refractivity (Wildman–Crippen MR) is 75.5 cm³/mol. The molecule has 1 aliphatic heterocycles. The van der Waals surface area contributed by atoms with Gasteiger partial charge in [-0.2, -0.15) is 5.10 Å². The molecule has 0 bridgehead atoms. The Morgan fingerprint density at radius 3 is 2.75 bits per heavy atom. The molecule has 1 aromatic carbocycles. The SMILES string of the molecule is O=C(O)c1cc(-c2ccccc2CN2CCCC2)n[nH]1. The van der Waals surface area contributed by atoms with Crippen molar-refractivity contribution in [3.63, 3.8) is 0 Å². The van der Waals surface area contributed by atoms with E-state index in [1.807, 2.05) is 18.2 Å². The summed E-state index contributed by atoms with van der Waals surface area (Å²) in [5, 5.41) is 15.6. The van der Waals surface area contributed by atoms with E-state index >= 15 is 0 Å². The number of H-pyrrole nitrogens is 1. The van der Waals surface area contributed by atoms with Crippen molar-refractivity contribution >= 4 is 5.97 Å². The molecule has 1 fully saturated rings. The fourth-order valence-corrected chi connectivity index (χ4v) is 2.66. The number of benzene rings is 1. The Morgan fingerprint density at radius 1 is 1.30 bits per heavy atom. The molecule has 1 saturated heterocycles. The van der Waals surface area contributed by atoms with E-state index in [9.17, 15) is 4.79 Å². The van der Waals surface area contributed by atoms with Crippen LogP contribution in [0.25, 0.3) is 11.3 Å². The van der Waals surface area contributed by atoms with Gasteiger partial charge in [-0.3, -0.25) is 10.00 Å². The third kappa shape index (κ3) is 2.58. The van der Waals surface area contributed by atoms with Crippen molar-refractivity contribution in [1.82, 2.24) is 15.1 Å². The van der Waals surface area contributed by atoms with E-state index in [1.54, 1.807) is 6.07 Å². The van der Waals surface area contributed by atoms with Gasteiger partial charge in [-0.1, -0.05) is 24.3 Å². The number of hydrogen-bond acceptors (Lipinski definition) is 3. The number of nitrogens with one attached hydrogen (secondary N) is 1. The van der Waals surface area contributed by atoms with Gasteiger partial charge in [0.15, 0.2) is 0 Å². The largest absolute Gasteiger partial charge is 0.477 e. The molecule has 0 radical (unpaired) electrons. The number of carboxylic acids is 1. The molecule has 0 atom stereocenters. The number of aromatic nitrogens is 2. The third-order valence-electron chi connectivity index (χ3n) is 3.69. The molecule has 5 heteroatoms. The van der Waals surface area contributed by atoms with E-state index in [1.165, 1.54) is 18.4 Å². The van der Waals surface area contributed by atoms with Gasteiger partial charge in [0.2, 0.25) is 0 Å². The standard InChI is InChI=1S/C15H17N3O2/c19-15(20)14-9-13(16-17-14)12-6-2-1-5-11(12)10-18-7-3-4-8-18/h1-2,5-6,9H,3-4,7-8,10H2,(H,16,17)(H,19,20). The van der Waals surface area contributed by atoms with Crippen molar-refractivity contribution in [3.8, 4) is 11.3 Å². The summed E-state index contributed by atoms with van der Waals surface area (Å²) in [7, 11) is 0. The number of carbonyl (C=O) groups is 1. The van der Waals surface area contributed by atoms with Gasteiger partial charge >= 0.3 is 5.97 Å². The first-order valence-electron chi connectivity index (χ1n) is 6.83. The second-order valence-electron chi connectivity index (χ2n) is 5.11. The van der Waals surface area contributed by atoms with Crippen LogP contribution in [0.4, 0.5) is 0 Å². The van der Waals surface area contributed by atoms with Crippen molar-refractivity contribution in [2.45, 2.75) is 19.4 Å². The van der Waals surface area contributed by atoms with Gasteiger partial charge in [-0.25, -0.2) is 4.79 Å². The van der Waals surface area contributed by atoms with Gasteiger partial charge < -0.3 is 5.11 Å². The van der Waals surface area contributed by atoms with Crippen LogP contribution in [0.5, 0.6) is 0 Å². The Balaban J connectivity index is 1.89. The number of nitrogens with zero attached hydrogens (tertiary/aromatic N) is 2. The molecule has 0 spiro atoms. The van der Waals surface area contributed by atoms with E-state index < -0.39 is 5.97 Å². The van der Waals surface area contributed by atoms with Crippen molar-refractivity contribution < 1.29 is 9.90 Å². The molecule has 104 valence electrons. The smallest absolute Gasteiger partial charge is 0.353 e. The monoisotopic (exact) mass is 271 g/mol. The number of aromatic carboxylic acids is 1. The molecule has 2 aromatic rings. The lowest BCUT2D eigenvalue weighted by molar-refractivity contribution is 0.0690. The van der Waals surface area contributed by atoms with Gasteiger partial charge in [0.25, 0.3) is 0 Å². The van der Waals surface area contributed by atoms with Gasteiger partial charge in [-0.15, -0.1) is 0 Å². The lowest BCUT2D eigenvalue weighted by atomic mass is 10.0. The summed E-state index contributed by atoms with van der Waals surface area (Å²) in [6.07, 6.45) is 2.52. The highest BCUT2D eigenvalue weighted by atomic mass is 16.4. The quantitative estimate of drug-likeness (QED) is 0.895. The number of hydrogen-bond donors (Lipinski definition) is 2. The van der Waals surface area contributed by atoms with E-state index in [4.69, 9.17) is 5.11 Å². The molecule has 0 amide bonds. The molecule has 1 aromatic heterocycles. The minimum absolute atomic E-state index is 0.121. The zero-order valence-electron chi connectivity index (χ0n) is 11.2. The summed E-state index contributed by atoms with van der Waals surface area (Å²) in [6, 6.07) is 9.64. The molecule has 5 nitrogen and oxygen atoms in total. The Kier molecular flexibility index (Phi) is 3.52. The average Bonchev–Trinajstić information content (AvgIpc) is 3.10. The molecule has 3 rings (SSSR count). The molecule has 0 aliphatic carbocycles. The first kappa shape index (κ1) is 12.9. The average molecular weight is 271 g/mol. The third-order valence-corrected chi connectivity index (χ3v) is 3.69. The fourth-order valence-electron chi connectivity index (χ4n) is 2.66. The first-order valence-corrected chi connectivity index (χ1v) is 6.83. The predicted octanol–water partition coefficient (Wildman–Crippen LogP) is 2.37. The van der Waals surface area contributed by atoms with E-state index in [-0.39, 0.29) is 5.69 Å². The Bertz CT molecular complexity index is 615. The maximum atomic E-state index is 10.9. The summed E-state index contributed by atoms with van der Waals surface area (Å²) in [4.78, 5) is 13.3. The number of likely N-dealkylation sites (tertiary alicyclic amines) is 1. The van der Waals surface area contributed by atoms with Crippen LogP contribution < -0.4 is 0 Å². The maximum Gasteiger partial charge on any atom is 0.353 e. The van der Waals surface area contributed by atoms with Crippen molar-refractivity contribution in [2.24, 2.45) is 0 Å². The molecule has 20 heavy (non-hydrogen) atoms. The zero-order valence-corrected chi connectivity index (χ0v) is 11.2. The highest BCUT2D eigenvalue weighted by Gasteiger charge is 2.16. The first-order chi connectivity index (χ1) is 9.74. The van der Waals surface area contributed by atoms with Crippen LogP contribution in [0.2, 0.25) is 0 Å². The minimum Gasteiger partial charge on any atom is -0.477 e. The van der Waals surface area contributed by atoms with E-state index in [0.717, 1.165) is 25.2 Å². The van der Waals surface area contributed by atoms with Crippen molar-refractivity contribution in [3.05, 3.63) is 41.6 Å². The minimum atomic E-state index is -0.985. The van der Waals surface area contributed by atoms with Gasteiger partial charge in [0, 0.05) is 12.1 Å². The molecular formula is C15H17N3O2. The Labute approximate surface area is 117 Å². The van der Waals surface area contributed by atoms with E-state index in [0.29, 0.717) is 5.69 Å². The normalized spacial score (nSPS) is 15.6. The number of aromatic amines is 1. The molecule has 0 unspecified atom stereocenters. The summed E-state index contributed by atoms with van der Waals surface area (Å²) in [5.74, 6) is -0.985. The zero-order chi connectivity index (χ0) is 13.9. The Morgan fingerprint density at radius 2 is 2.05 bits per heavy atom. The summed E-state index contributed by atoms with van der Waals surface area (Å²) >= 11 is 0. The lowest BCUT2D eigenvalue weighted by Crippen LogP contribution is -2.18. The van der Waals surface area contributed by atoms with Crippen LogP contribution in [-0.4, -0.2) is 39.3 Å². The summed E-state index contributed by atoms with van der Waals surface area (Å²) < 4.78 is 0. The lowest BCUT2D eigenvalue weighted by Gasteiger charge is -2.16. The summed E-state index contributed by atoms with van der Waals surface area (Å²) in [5.41, 5.74) is 3.01. The van der Waals surface area contributed by atoms with Crippen LogP contribution in [0.3, 0.4) is 0 Å². The van der Waals surface area contributed by atoms with Gasteiger partial charge in [0.1, 0.15) is 5.69 Å². The van der Waals surface area contributed by atoms with Crippen molar-refractivity contribution in [2.75, 3.05) is 13.1 Å². The van der Waals surface area contributed by atoms with Crippen LogP contribution in [0.15, 0.2) is 30.3 Å². The molecule has 2 N–H and O–H groups in total. The second kappa shape index (κ2) is 5.46.